The van der Waals surface area contributed by atoms with E-state index in [1.165, 1.54) is 12.3 Å². The number of carbonyl (C=O) groups is 1. The quantitative estimate of drug-likeness (QED) is 0.689. The predicted molar refractivity (Wildman–Crippen MR) is 102 cm³/mol. The molecule has 9 heteroatoms. The van der Waals surface area contributed by atoms with Gasteiger partial charge in [-0.3, -0.25) is 4.79 Å². The van der Waals surface area contributed by atoms with Crippen molar-refractivity contribution in [1.29, 1.82) is 0 Å². The van der Waals surface area contributed by atoms with E-state index in [2.05, 4.69) is 20.6 Å². The molecule has 0 fully saturated rings. The van der Waals surface area contributed by atoms with Crippen LogP contribution in [0.25, 0.3) is 10.4 Å². The number of alkyl halides is 2. The second kappa shape index (κ2) is 8.26. The number of rotatable bonds is 6. The van der Waals surface area contributed by atoms with Crippen LogP contribution < -0.4 is 10.6 Å². The third-order valence-electron chi connectivity index (χ3n) is 3.56. The second-order valence-corrected chi connectivity index (χ2v) is 8.32. The van der Waals surface area contributed by atoms with Crippen molar-refractivity contribution < 1.29 is 18.7 Å². The van der Waals surface area contributed by atoms with Crippen molar-refractivity contribution in [1.82, 2.24) is 15.3 Å². The van der Waals surface area contributed by atoms with Crippen molar-refractivity contribution in [2.45, 2.75) is 52.6 Å². The zero-order valence-corrected chi connectivity index (χ0v) is 16.7. The molecule has 0 aromatic carbocycles. The monoisotopic (exact) mass is 398 g/mol. The van der Waals surface area contributed by atoms with Crippen molar-refractivity contribution in [2.24, 2.45) is 0 Å². The number of aromatic nitrogens is 2. The molecule has 2 aromatic rings. The second-order valence-electron chi connectivity index (χ2n) is 7.32. The number of halogens is 2. The number of hydrogen-bond donors (Lipinski definition) is 3. The fraction of sp³-hybridized carbons (Fsp3) is 0.500. The molecule has 0 saturated carbocycles. The van der Waals surface area contributed by atoms with Crippen LogP contribution in [0.3, 0.4) is 0 Å². The Kier molecular flexibility index (Phi) is 6.48. The number of pyridine rings is 1. The fourth-order valence-corrected chi connectivity index (χ4v) is 3.37. The van der Waals surface area contributed by atoms with Gasteiger partial charge in [-0.15, -0.1) is 11.3 Å². The summed E-state index contributed by atoms with van der Waals surface area (Å²) in [6, 6.07) is 0.907. The molecule has 148 valence electrons. The molecule has 1 amide bonds. The summed E-state index contributed by atoms with van der Waals surface area (Å²) in [5, 5.41) is 14.9. The molecule has 0 bridgehead atoms. The fourth-order valence-electron chi connectivity index (χ4n) is 2.37. The van der Waals surface area contributed by atoms with Gasteiger partial charge >= 0.3 is 0 Å². The van der Waals surface area contributed by atoms with E-state index in [1.54, 1.807) is 13.8 Å². The number of amides is 1. The van der Waals surface area contributed by atoms with E-state index in [-0.39, 0.29) is 28.3 Å². The molecule has 2 aromatic heterocycles. The van der Waals surface area contributed by atoms with Crippen molar-refractivity contribution >= 4 is 23.1 Å². The number of aliphatic hydroxyl groups excluding tert-OH is 1. The molecule has 3 N–H and O–H groups in total. The van der Waals surface area contributed by atoms with Gasteiger partial charge in [-0.2, -0.15) is 0 Å². The maximum absolute atomic E-state index is 13.7. The van der Waals surface area contributed by atoms with Crippen molar-refractivity contribution in [2.75, 3.05) is 11.9 Å². The van der Waals surface area contributed by atoms with Gasteiger partial charge in [-0.05, 0) is 40.7 Å². The maximum Gasteiger partial charge on any atom is 0.280 e. The average Bonchev–Trinajstić information content (AvgIpc) is 2.95. The largest absolute Gasteiger partial charge is 0.394 e. The summed E-state index contributed by atoms with van der Waals surface area (Å²) in [5.74, 6) is -0.0908. The zero-order chi connectivity index (χ0) is 20.4. The Morgan fingerprint density at radius 1 is 1.37 bits per heavy atom. The first-order chi connectivity index (χ1) is 12.5. The Hall–Kier alpha value is -2.13. The molecule has 6 nitrogen and oxygen atoms in total. The number of carbonyl (C=O) groups excluding carboxylic acids is 1. The lowest BCUT2D eigenvalue weighted by molar-refractivity contribution is 0.0921. The number of nitrogens with zero attached hydrogens (tertiary/aromatic N) is 2. The first kappa shape index (κ1) is 21.2. The molecule has 0 saturated heterocycles. The number of aliphatic hydroxyl groups is 1. The lowest BCUT2D eigenvalue weighted by Gasteiger charge is -2.22. The van der Waals surface area contributed by atoms with Crippen LogP contribution in [0, 0.1) is 6.92 Å². The Labute approximate surface area is 161 Å². The van der Waals surface area contributed by atoms with E-state index in [9.17, 15) is 13.6 Å². The van der Waals surface area contributed by atoms with E-state index in [0.29, 0.717) is 16.4 Å². The van der Waals surface area contributed by atoms with E-state index < -0.39 is 18.4 Å². The summed E-state index contributed by atoms with van der Waals surface area (Å²) in [5.41, 5.74) is 0.248. The molecule has 1 atom stereocenters. The van der Waals surface area contributed by atoms with Gasteiger partial charge < -0.3 is 15.7 Å². The lowest BCUT2D eigenvalue weighted by atomic mass is 10.1. The van der Waals surface area contributed by atoms with Gasteiger partial charge in [-0.25, -0.2) is 18.7 Å². The number of anilines is 1. The minimum absolute atomic E-state index is 0.153. The van der Waals surface area contributed by atoms with Gasteiger partial charge in [0.25, 0.3) is 12.3 Å². The van der Waals surface area contributed by atoms with Crippen LogP contribution in [0.2, 0.25) is 0 Å². The average molecular weight is 398 g/mol. The minimum Gasteiger partial charge on any atom is -0.394 e. The van der Waals surface area contributed by atoms with E-state index >= 15 is 0 Å². The van der Waals surface area contributed by atoms with Crippen LogP contribution in [0.4, 0.5) is 14.6 Å². The van der Waals surface area contributed by atoms with Gasteiger partial charge in [0, 0.05) is 28.9 Å². The van der Waals surface area contributed by atoms with Crippen molar-refractivity contribution in [3.05, 3.63) is 28.5 Å². The number of thiazole rings is 1. The smallest absolute Gasteiger partial charge is 0.280 e. The first-order valence-corrected chi connectivity index (χ1v) is 9.29. The van der Waals surface area contributed by atoms with Crippen LogP contribution in [-0.4, -0.2) is 39.2 Å². The molecule has 0 aliphatic heterocycles. The Morgan fingerprint density at radius 3 is 2.59 bits per heavy atom. The first-order valence-electron chi connectivity index (χ1n) is 8.47. The van der Waals surface area contributed by atoms with Crippen molar-refractivity contribution in [3.8, 4) is 10.4 Å². The van der Waals surface area contributed by atoms with Gasteiger partial charge in [-0.1, -0.05) is 0 Å². The summed E-state index contributed by atoms with van der Waals surface area (Å²) in [6.45, 7) is 8.85. The molecule has 2 heterocycles. The molecule has 0 spiro atoms. The Bertz CT molecular complexity index is 818. The van der Waals surface area contributed by atoms with E-state index in [0.717, 1.165) is 11.3 Å². The normalized spacial score (nSPS) is 12.9. The van der Waals surface area contributed by atoms with Crippen LogP contribution in [0.15, 0.2) is 12.3 Å². The van der Waals surface area contributed by atoms with Crippen LogP contribution in [0.1, 0.15) is 55.2 Å². The highest BCUT2D eigenvalue weighted by atomic mass is 32.1. The topological polar surface area (TPSA) is 87.1 Å². The summed E-state index contributed by atoms with van der Waals surface area (Å²) in [6.07, 6.45) is -1.31. The van der Waals surface area contributed by atoms with Gasteiger partial charge in [0.2, 0.25) is 0 Å². The third-order valence-corrected chi connectivity index (χ3v) is 4.75. The van der Waals surface area contributed by atoms with E-state index in [1.807, 2.05) is 20.8 Å². The summed E-state index contributed by atoms with van der Waals surface area (Å²) >= 11 is 1.03. The minimum atomic E-state index is -2.70. The molecular weight excluding hydrogens is 374 g/mol. The van der Waals surface area contributed by atoms with Gasteiger partial charge in [0.15, 0.2) is 5.01 Å². The molecule has 1 unspecified atom stereocenters. The molecule has 27 heavy (non-hydrogen) atoms. The van der Waals surface area contributed by atoms with Crippen LogP contribution in [0.5, 0.6) is 0 Å². The number of nitrogens with one attached hydrogen (secondary N) is 2. The summed E-state index contributed by atoms with van der Waals surface area (Å²) in [7, 11) is 0. The Morgan fingerprint density at radius 2 is 2.04 bits per heavy atom. The molecule has 0 radical (unpaired) electrons. The molecule has 0 aliphatic rings. The highest BCUT2D eigenvalue weighted by molar-refractivity contribution is 7.17. The summed E-state index contributed by atoms with van der Waals surface area (Å²) in [4.78, 5) is 21.1. The van der Waals surface area contributed by atoms with E-state index in [4.69, 9.17) is 5.11 Å². The molecule has 0 aliphatic carbocycles. The van der Waals surface area contributed by atoms with Crippen molar-refractivity contribution in [3.63, 3.8) is 0 Å². The molecule has 2 rings (SSSR count). The highest BCUT2D eigenvalue weighted by Gasteiger charge is 2.23. The SMILES string of the molecule is Cc1nc(C(=O)NC(C)CO)sc1-c1cnc(NC(C)(C)C)cc1C(F)F. The third kappa shape index (κ3) is 5.43. The van der Waals surface area contributed by atoms with Crippen LogP contribution >= 0.6 is 11.3 Å². The molecular formula is C18H24F2N4O2S. The van der Waals surface area contributed by atoms with Crippen LogP contribution in [-0.2, 0) is 0 Å². The number of aryl methyl sites for hydroxylation is 1. The summed E-state index contributed by atoms with van der Waals surface area (Å²) < 4.78 is 27.3. The Balaban J connectivity index is 2.41. The maximum atomic E-state index is 13.7. The standard InChI is InChI=1S/C18H24F2N4O2S/c1-9(8-25)22-16(26)17-23-10(2)14(27-17)12-7-21-13(24-18(3,4)5)6-11(12)15(19)20/h6-7,9,15,25H,8H2,1-5H3,(H,21,24)(H,22,26). The van der Waals surface area contributed by atoms with Gasteiger partial charge in [0.1, 0.15) is 5.82 Å². The zero-order valence-electron chi connectivity index (χ0n) is 15.9. The predicted octanol–water partition coefficient (Wildman–Crippen LogP) is 3.77. The van der Waals surface area contributed by atoms with Gasteiger partial charge in [0.05, 0.1) is 17.2 Å². The highest BCUT2D eigenvalue weighted by Crippen LogP contribution is 2.37. The number of hydrogen-bond acceptors (Lipinski definition) is 6. The lowest BCUT2D eigenvalue weighted by Crippen LogP contribution is -2.34.